The molecule has 1 fully saturated rings. The van der Waals surface area contributed by atoms with Crippen molar-refractivity contribution in [3.8, 4) is 11.5 Å². The minimum Gasteiger partial charge on any atom is -0.494 e. The molecule has 0 atom stereocenters. The third-order valence-corrected chi connectivity index (χ3v) is 4.75. The fourth-order valence-electron chi connectivity index (χ4n) is 3.23. The van der Waals surface area contributed by atoms with E-state index in [1.165, 1.54) is 12.1 Å². The Kier molecular flexibility index (Phi) is 7.84. The average Bonchev–Trinajstić information content (AvgIpc) is 2.71. The van der Waals surface area contributed by atoms with Crippen LogP contribution in [0.5, 0.6) is 11.5 Å². The van der Waals surface area contributed by atoms with Crippen molar-refractivity contribution in [2.45, 2.75) is 6.92 Å². The Morgan fingerprint density at radius 2 is 1.66 bits per heavy atom. The maximum Gasteiger partial charge on any atom is 0.238 e. The standard InChI is InChI=1S/C22H28FN3O3/c1-2-28-20-6-8-21(9-7-20)29-15-14-25-10-12-26(13-11-25)17-22(27)24-19-5-3-4-18(23)16-19/h3-9,16H,2,10-15,17H2,1H3,(H,24,27). The van der Waals surface area contributed by atoms with Crippen molar-refractivity contribution in [1.82, 2.24) is 9.80 Å². The zero-order chi connectivity index (χ0) is 20.5. The summed E-state index contributed by atoms with van der Waals surface area (Å²) in [7, 11) is 0. The number of amides is 1. The van der Waals surface area contributed by atoms with Crippen molar-refractivity contribution in [3.05, 3.63) is 54.3 Å². The molecule has 2 aromatic carbocycles. The first-order valence-electron chi connectivity index (χ1n) is 9.98. The summed E-state index contributed by atoms with van der Waals surface area (Å²) in [6.07, 6.45) is 0. The largest absolute Gasteiger partial charge is 0.494 e. The average molecular weight is 401 g/mol. The number of carbonyl (C=O) groups excluding carboxylic acids is 1. The van der Waals surface area contributed by atoms with Crippen molar-refractivity contribution in [2.24, 2.45) is 0 Å². The van der Waals surface area contributed by atoms with E-state index < -0.39 is 0 Å². The molecule has 0 spiro atoms. The Hall–Kier alpha value is -2.64. The number of carbonyl (C=O) groups is 1. The number of rotatable bonds is 9. The van der Waals surface area contributed by atoms with Crippen LogP contribution in [-0.2, 0) is 4.79 Å². The van der Waals surface area contributed by atoms with E-state index in [9.17, 15) is 9.18 Å². The molecule has 1 aliphatic rings. The van der Waals surface area contributed by atoms with E-state index in [4.69, 9.17) is 9.47 Å². The van der Waals surface area contributed by atoms with Crippen LogP contribution < -0.4 is 14.8 Å². The maximum absolute atomic E-state index is 13.2. The second kappa shape index (κ2) is 10.8. The number of benzene rings is 2. The summed E-state index contributed by atoms with van der Waals surface area (Å²) in [5, 5.41) is 2.74. The van der Waals surface area contributed by atoms with Gasteiger partial charge in [-0.15, -0.1) is 0 Å². The van der Waals surface area contributed by atoms with Gasteiger partial charge in [-0.05, 0) is 49.4 Å². The van der Waals surface area contributed by atoms with Gasteiger partial charge in [-0.25, -0.2) is 4.39 Å². The predicted molar refractivity (Wildman–Crippen MR) is 111 cm³/mol. The van der Waals surface area contributed by atoms with Gasteiger partial charge < -0.3 is 14.8 Å². The van der Waals surface area contributed by atoms with E-state index in [0.29, 0.717) is 25.4 Å². The quantitative estimate of drug-likeness (QED) is 0.700. The third-order valence-electron chi connectivity index (χ3n) is 4.75. The Labute approximate surface area is 171 Å². The molecule has 1 amide bonds. The summed E-state index contributed by atoms with van der Waals surface area (Å²) in [5.74, 6) is 1.20. The molecule has 29 heavy (non-hydrogen) atoms. The second-order valence-corrected chi connectivity index (χ2v) is 6.93. The first-order chi connectivity index (χ1) is 14.1. The lowest BCUT2D eigenvalue weighted by Crippen LogP contribution is -2.49. The summed E-state index contributed by atoms with van der Waals surface area (Å²) in [5.41, 5.74) is 0.486. The van der Waals surface area contributed by atoms with Gasteiger partial charge in [0.25, 0.3) is 0 Å². The summed E-state index contributed by atoms with van der Waals surface area (Å²) in [6.45, 7) is 7.80. The second-order valence-electron chi connectivity index (χ2n) is 6.93. The molecule has 156 valence electrons. The molecule has 7 heteroatoms. The minimum absolute atomic E-state index is 0.122. The Morgan fingerprint density at radius 1 is 1.00 bits per heavy atom. The van der Waals surface area contributed by atoms with Crippen LogP contribution in [0.1, 0.15) is 6.92 Å². The van der Waals surface area contributed by atoms with Crippen LogP contribution in [0, 0.1) is 5.82 Å². The zero-order valence-corrected chi connectivity index (χ0v) is 16.8. The number of ether oxygens (including phenoxy) is 2. The van der Waals surface area contributed by atoms with Gasteiger partial charge in [0.2, 0.25) is 5.91 Å². The molecule has 6 nitrogen and oxygen atoms in total. The molecule has 1 aliphatic heterocycles. The highest BCUT2D eigenvalue weighted by Crippen LogP contribution is 2.17. The molecule has 0 saturated carbocycles. The first-order valence-corrected chi connectivity index (χ1v) is 9.98. The summed E-state index contributed by atoms with van der Waals surface area (Å²) in [4.78, 5) is 16.6. The number of hydrogen-bond donors (Lipinski definition) is 1. The van der Waals surface area contributed by atoms with Crippen LogP contribution >= 0.6 is 0 Å². The minimum atomic E-state index is -0.358. The van der Waals surface area contributed by atoms with Crippen LogP contribution in [0.15, 0.2) is 48.5 Å². The van der Waals surface area contributed by atoms with Gasteiger partial charge in [0.05, 0.1) is 13.2 Å². The normalized spacial score (nSPS) is 15.1. The van der Waals surface area contributed by atoms with Crippen molar-refractivity contribution >= 4 is 11.6 Å². The summed E-state index contributed by atoms with van der Waals surface area (Å²) in [6, 6.07) is 13.6. The van der Waals surface area contributed by atoms with Gasteiger partial charge in [0.15, 0.2) is 0 Å². The van der Waals surface area contributed by atoms with E-state index in [-0.39, 0.29) is 11.7 Å². The monoisotopic (exact) mass is 401 g/mol. The van der Waals surface area contributed by atoms with Crippen LogP contribution in [0.4, 0.5) is 10.1 Å². The van der Waals surface area contributed by atoms with E-state index in [1.807, 2.05) is 31.2 Å². The number of anilines is 1. The highest BCUT2D eigenvalue weighted by atomic mass is 19.1. The van der Waals surface area contributed by atoms with Gasteiger partial charge >= 0.3 is 0 Å². The summed E-state index contributed by atoms with van der Waals surface area (Å²) >= 11 is 0. The van der Waals surface area contributed by atoms with Gasteiger partial charge in [-0.3, -0.25) is 14.6 Å². The molecule has 1 N–H and O–H groups in total. The summed E-state index contributed by atoms with van der Waals surface area (Å²) < 4.78 is 24.4. The van der Waals surface area contributed by atoms with Gasteiger partial charge in [0.1, 0.15) is 23.9 Å². The van der Waals surface area contributed by atoms with Crippen LogP contribution in [0.25, 0.3) is 0 Å². The Balaban J connectivity index is 1.32. The van der Waals surface area contributed by atoms with Crippen molar-refractivity contribution in [1.29, 1.82) is 0 Å². The van der Waals surface area contributed by atoms with Crippen molar-refractivity contribution in [2.75, 3.05) is 57.8 Å². The predicted octanol–water partition coefficient (Wildman–Crippen LogP) is 2.86. The van der Waals surface area contributed by atoms with Crippen LogP contribution in [0.2, 0.25) is 0 Å². The van der Waals surface area contributed by atoms with E-state index in [1.54, 1.807) is 12.1 Å². The van der Waals surface area contributed by atoms with Crippen molar-refractivity contribution in [3.63, 3.8) is 0 Å². The van der Waals surface area contributed by atoms with Gasteiger partial charge in [-0.2, -0.15) is 0 Å². The fraction of sp³-hybridized carbons (Fsp3) is 0.409. The molecule has 2 aromatic rings. The third kappa shape index (κ3) is 7.03. The molecular weight excluding hydrogens is 373 g/mol. The van der Waals surface area contributed by atoms with E-state index in [2.05, 4.69) is 15.1 Å². The van der Waals surface area contributed by atoms with E-state index in [0.717, 1.165) is 44.2 Å². The highest BCUT2D eigenvalue weighted by Gasteiger charge is 2.19. The topological polar surface area (TPSA) is 54.0 Å². The number of halogens is 1. The molecule has 0 aliphatic carbocycles. The van der Waals surface area contributed by atoms with Crippen LogP contribution in [-0.4, -0.2) is 68.2 Å². The van der Waals surface area contributed by atoms with Gasteiger partial charge in [-0.1, -0.05) is 6.07 Å². The highest BCUT2D eigenvalue weighted by molar-refractivity contribution is 5.92. The SMILES string of the molecule is CCOc1ccc(OCCN2CCN(CC(=O)Nc3cccc(F)c3)CC2)cc1. The Bertz CT molecular complexity index is 777. The van der Waals surface area contributed by atoms with E-state index >= 15 is 0 Å². The fourth-order valence-corrected chi connectivity index (χ4v) is 3.23. The first kappa shape index (κ1) is 21.1. The molecule has 0 radical (unpaired) electrons. The number of hydrogen-bond acceptors (Lipinski definition) is 5. The molecule has 0 aromatic heterocycles. The maximum atomic E-state index is 13.2. The molecule has 0 unspecified atom stereocenters. The van der Waals surface area contributed by atoms with Crippen LogP contribution in [0.3, 0.4) is 0 Å². The van der Waals surface area contributed by atoms with Gasteiger partial charge in [0, 0.05) is 38.4 Å². The van der Waals surface area contributed by atoms with Crippen molar-refractivity contribution < 1.29 is 18.7 Å². The molecular formula is C22H28FN3O3. The zero-order valence-electron chi connectivity index (χ0n) is 16.8. The smallest absolute Gasteiger partial charge is 0.238 e. The lowest BCUT2D eigenvalue weighted by atomic mass is 10.3. The number of nitrogens with one attached hydrogen (secondary N) is 1. The molecule has 3 rings (SSSR count). The molecule has 0 bridgehead atoms. The lowest BCUT2D eigenvalue weighted by Gasteiger charge is -2.34. The number of piperazine rings is 1. The lowest BCUT2D eigenvalue weighted by molar-refractivity contribution is -0.117. The Morgan fingerprint density at radius 3 is 2.31 bits per heavy atom. The molecule has 1 heterocycles. The molecule has 1 saturated heterocycles. The number of nitrogens with zero attached hydrogens (tertiary/aromatic N) is 2.